The van der Waals surface area contributed by atoms with Gasteiger partial charge in [-0.05, 0) is 44.0 Å². The van der Waals surface area contributed by atoms with E-state index in [9.17, 15) is 13.6 Å². The van der Waals surface area contributed by atoms with Gasteiger partial charge in [-0.1, -0.05) is 0 Å². The predicted molar refractivity (Wildman–Crippen MR) is 121 cm³/mol. The van der Waals surface area contributed by atoms with E-state index in [2.05, 4.69) is 15.6 Å². The second-order valence-electron chi connectivity index (χ2n) is 7.85. The number of carbonyl (C=O) groups is 1. The number of nitrogens with zero attached hydrogens (tertiary/aromatic N) is 2. The highest BCUT2D eigenvalue weighted by molar-refractivity contribution is 7.21. The maximum atomic E-state index is 14.7. The zero-order chi connectivity index (χ0) is 22.1. The Morgan fingerprint density at radius 2 is 2.16 bits per heavy atom. The first-order chi connectivity index (χ1) is 14.8. The van der Waals surface area contributed by atoms with Crippen LogP contribution in [0.5, 0.6) is 0 Å². The molecule has 0 bridgehead atoms. The Balaban J connectivity index is 1.42. The minimum absolute atomic E-state index is 0.166. The SMILES string of the molecule is Cc1ccc2c(N)c(C(=O)NCCc3cc(F)c(N4CCNC(C)C4)cc3F)sc2n1. The van der Waals surface area contributed by atoms with Crippen molar-refractivity contribution in [2.24, 2.45) is 0 Å². The number of hydrogen-bond acceptors (Lipinski definition) is 6. The molecule has 31 heavy (non-hydrogen) atoms. The third kappa shape index (κ3) is 4.47. The molecule has 4 rings (SSSR count). The minimum atomic E-state index is -0.474. The van der Waals surface area contributed by atoms with E-state index in [1.807, 2.05) is 30.9 Å². The molecule has 1 aliphatic rings. The van der Waals surface area contributed by atoms with Gasteiger partial charge in [-0.15, -0.1) is 11.3 Å². The maximum absolute atomic E-state index is 14.7. The molecule has 164 valence electrons. The number of nitrogen functional groups attached to an aromatic ring is 1. The zero-order valence-corrected chi connectivity index (χ0v) is 18.3. The first-order valence-corrected chi connectivity index (χ1v) is 11.0. The molecule has 3 aromatic rings. The number of nitrogens with two attached hydrogens (primary N) is 1. The molecule has 4 N–H and O–H groups in total. The molecular formula is C22H25F2N5OS. The van der Waals surface area contributed by atoms with E-state index in [1.165, 1.54) is 23.5 Å². The Labute approximate surface area is 183 Å². The lowest BCUT2D eigenvalue weighted by Crippen LogP contribution is -2.49. The van der Waals surface area contributed by atoms with Crippen molar-refractivity contribution in [3.8, 4) is 0 Å². The number of halogens is 2. The number of anilines is 2. The number of nitrogens with one attached hydrogen (secondary N) is 2. The third-order valence-corrected chi connectivity index (χ3v) is 6.56. The molecule has 0 radical (unpaired) electrons. The van der Waals surface area contributed by atoms with Crippen molar-refractivity contribution in [2.75, 3.05) is 36.8 Å². The molecule has 1 aromatic carbocycles. The standard InChI is InChI=1S/C22H25F2N5OS/c1-12-3-4-15-19(25)20(31-22(15)28-12)21(30)27-6-5-14-9-17(24)18(10-16(14)23)29-8-7-26-13(2)11-29/h3-4,9-10,13,26H,5-8,11,25H2,1-2H3,(H,27,30). The molecule has 1 unspecified atom stereocenters. The highest BCUT2D eigenvalue weighted by Gasteiger charge is 2.21. The summed E-state index contributed by atoms with van der Waals surface area (Å²) >= 11 is 1.22. The molecule has 0 aliphatic carbocycles. The number of thiophene rings is 1. The summed E-state index contributed by atoms with van der Waals surface area (Å²) < 4.78 is 29.3. The van der Waals surface area contributed by atoms with Crippen LogP contribution in [0.25, 0.3) is 10.2 Å². The van der Waals surface area contributed by atoms with Gasteiger partial charge in [0.05, 0.1) is 11.4 Å². The van der Waals surface area contributed by atoms with E-state index >= 15 is 0 Å². The van der Waals surface area contributed by atoms with Crippen LogP contribution in [0.15, 0.2) is 24.3 Å². The van der Waals surface area contributed by atoms with Crippen LogP contribution in [-0.4, -0.2) is 43.1 Å². The highest BCUT2D eigenvalue weighted by atomic mass is 32.1. The molecule has 1 aliphatic heterocycles. The lowest BCUT2D eigenvalue weighted by Gasteiger charge is -2.34. The van der Waals surface area contributed by atoms with Crippen molar-refractivity contribution in [1.82, 2.24) is 15.6 Å². The average Bonchev–Trinajstić information content (AvgIpc) is 3.06. The molecule has 0 saturated carbocycles. The number of aromatic nitrogens is 1. The molecule has 1 saturated heterocycles. The summed E-state index contributed by atoms with van der Waals surface area (Å²) in [6.45, 7) is 6.03. The van der Waals surface area contributed by atoms with Gasteiger partial charge in [-0.25, -0.2) is 13.8 Å². The monoisotopic (exact) mass is 445 g/mol. The number of piperazine rings is 1. The summed E-state index contributed by atoms with van der Waals surface area (Å²) in [5.74, 6) is -1.27. The van der Waals surface area contributed by atoms with E-state index in [1.54, 1.807) is 0 Å². The molecule has 9 heteroatoms. The van der Waals surface area contributed by atoms with Crippen LogP contribution >= 0.6 is 11.3 Å². The number of carbonyl (C=O) groups excluding carboxylic acids is 1. The van der Waals surface area contributed by atoms with Crippen molar-refractivity contribution in [3.05, 3.63) is 52.0 Å². The second kappa shape index (κ2) is 8.76. The normalized spacial score (nSPS) is 16.6. The smallest absolute Gasteiger partial charge is 0.263 e. The fourth-order valence-corrected chi connectivity index (χ4v) is 4.87. The number of amides is 1. The highest BCUT2D eigenvalue weighted by Crippen LogP contribution is 2.32. The number of aryl methyl sites for hydroxylation is 1. The average molecular weight is 446 g/mol. The molecule has 1 atom stereocenters. The summed E-state index contributed by atoms with van der Waals surface area (Å²) in [4.78, 5) is 19.9. The van der Waals surface area contributed by atoms with E-state index < -0.39 is 11.6 Å². The van der Waals surface area contributed by atoms with Gasteiger partial charge in [0, 0.05) is 49.4 Å². The Kier molecular flexibility index (Phi) is 6.06. The van der Waals surface area contributed by atoms with E-state index in [4.69, 9.17) is 5.73 Å². The van der Waals surface area contributed by atoms with Crippen molar-refractivity contribution in [1.29, 1.82) is 0 Å². The van der Waals surface area contributed by atoms with Crippen molar-refractivity contribution in [3.63, 3.8) is 0 Å². The second-order valence-corrected chi connectivity index (χ2v) is 8.85. The van der Waals surface area contributed by atoms with Crippen LogP contribution in [0.4, 0.5) is 20.2 Å². The molecule has 3 heterocycles. The number of hydrogen-bond donors (Lipinski definition) is 3. The number of pyridine rings is 1. The Morgan fingerprint density at radius 1 is 1.35 bits per heavy atom. The summed E-state index contributed by atoms with van der Waals surface area (Å²) in [6.07, 6.45) is 0.175. The Bertz CT molecular complexity index is 1130. The zero-order valence-electron chi connectivity index (χ0n) is 17.5. The summed E-state index contributed by atoms with van der Waals surface area (Å²) in [5.41, 5.74) is 7.84. The largest absolute Gasteiger partial charge is 0.397 e. The fourth-order valence-electron chi connectivity index (χ4n) is 3.81. The predicted octanol–water partition coefficient (Wildman–Crippen LogP) is 3.24. The van der Waals surface area contributed by atoms with Crippen molar-refractivity contribution >= 4 is 38.8 Å². The van der Waals surface area contributed by atoms with Gasteiger partial charge in [0.25, 0.3) is 5.91 Å². The quantitative estimate of drug-likeness (QED) is 0.562. The van der Waals surface area contributed by atoms with Gasteiger partial charge in [0.1, 0.15) is 21.3 Å². The van der Waals surface area contributed by atoms with Crippen LogP contribution in [-0.2, 0) is 6.42 Å². The maximum Gasteiger partial charge on any atom is 0.263 e. The fraction of sp³-hybridized carbons (Fsp3) is 0.364. The summed E-state index contributed by atoms with van der Waals surface area (Å²) in [5, 5.41) is 6.78. The lowest BCUT2D eigenvalue weighted by molar-refractivity contribution is 0.0959. The van der Waals surface area contributed by atoms with Gasteiger partial charge >= 0.3 is 0 Å². The van der Waals surface area contributed by atoms with Crippen LogP contribution in [0.2, 0.25) is 0 Å². The molecule has 6 nitrogen and oxygen atoms in total. The first-order valence-electron chi connectivity index (χ1n) is 10.2. The van der Waals surface area contributed by atoms with Gasteiger partial charge in [-0.3, -0.25) is 4.79 Å². The number of benzene rings is 1. The number of fused-ring (bicyclic) bond motifs is 1. The van der Waals surface area contributed by atoms with Crippen LogP contribution in [0.1, 0.15) is 27.9 Å². The van der Waals surface area contributed by atoms with E-state index in [0.29, 0.717) is 28.5 Å². The van der Waals surface area contributed by atoms with Gasteiger partial charge < -0.3 is 21.3 Å². The topological polar surface area (TPSA) is 83.3 Å². The number of rotatable bonds is 5. The van der Waals surface area contributed by atoms with Crippen LogP contribution in [0.3, 0.4) is 0 Å². The molecule has 1 fully saturated rings. The van der Waals surface area contributed by atoms with Gasteiger partial charge in [0.15, 0.2) is 0 Å². The third-order valence-electron chi connectivity index (χ3n) is 5.44. The summed E-state index contributed by atoms with van der Waals surface area (Å²) in [6, 6.07) is 6.38. The Morgan fingerprint density at radius 3 is 2.94 bits per heavy atom. The molecular weight excluding hydrogens is 420 g/mol. The molecule has 0 spiro atoms. The van der Waals surface area contributed by atoms with Crippen molar-refractivity contribution < 1.29 is 13.6 Å². The van der Waals surface area contributed by atoms with E-state index in [0.717, 1.165) is 17.6 Å². The van der Waals surface area contributed by atoms with Crippen LogP contribution < -0.4 is 21.3 Å². The van der Waals surface area contributed by atoms with E-state index in [-0.39, 0.29) is 36.2 Å². The first kappa shape index (κ1) is 21.5. The summed E-state index contributed by atoms with van der Waals surface area (Å²) in [7, 11) is 0. The van der Waals surface area contributed by atoms with Crippen molar-refractivity contribution in [2.45, 2.75) is 26.3 Å². The van der Waals surface area contributed by atoms with Gasteiger partial charge in [-0.2, -0.15) is 0 Å². The molecule has 2 aromatic heterocycles. The molecule has 1 amide bonds. The van der Waals surface area contributed by atoms with Crippen LogP contribution in [0, 0.1) is 18.6 Å². The van der Waals surface area contributed by atoms with Gasteiger partial charge in [0.2, 0.25) is 0 Å². The lowest BCUT2D eigenvalue weighted by atomic mass is 10.1. The Hall–Kier alpha value is -2.78. The minimum Gasteiger partial charge on any atom is -0.397 e.